The zero-order valence-corrected chi connectivity index (χ0v) is 6.36. The van der Waals surface area contributed by atoms with E-state index in [9.17, 15) is 4.79 Å². The Hall–Kier alpha value is -1.13. The predicted octanol–water partition coefficient (Wildman–Crippen LogP) is 1.14. The molecule has 4 heteroatoms. The van der Waals surface area contributed by atoms with Crippen LogP contribution in [0.15, 0.2) is 16.7 Å². The molecule has 64 valence electrons. The van der Waals surface area contributed by atoms with Crippen molar-refractivity contribution in [2.45, 2.75) is 6.29 Å². The minimum atomic E-state index is -0.432. The quantitative estimate of drug-likeness (QED) is 0.621. The van der Waals surface area contributed by atoms with Crippen LogP contribution < -0.4 is 0 Å². The number of ether oxygens (including phenoxy) is 2. The highest BCUT2D eigenvalue weighted by Crippen LogP contribution is 2.24. The SMILES string of the molecule is O=Cc1coc(C2OCCO2)c1. The van der Waals surface area contributed by atoms with Gasteiger partial charge in [-0.2, -0.15) is 0 Å². The third-order valence-corrected chi connectivity index (χ3v) is 1.63. The number of rotatable bonds is 2. The van der Waals surface area contributed by atoms with Gasteiger partial charge in [-0.1, -0.05) is 0 Å². The van der Waals surface area contributed by atoms with Crippen molar-refractivity contribution in [3.63, 3.8) is 0 Å². The Labute approximate surface area is 69.1 Å². The fourth-order valence-corrected chi connectivity index (χ4v) is 1.08. The van der Waals surface area contributed by atoms with E-state index in [0.29, 0.717) is 24.5 Å². The molecule has 1 aliphatic heterocycles. The van der Waals surface area contributed by atoms with Gasteiger partial charge in [0.2, 0.25) is 6.29 Å². The van der Waals surface area contributed by atoms with Crippen LogP contribution in [0.2, 0.25) is 0 Å². The van der Waals surface area contributed by atoms with Gasteiger partial charge >= 0.3 is 0 Å². The van der Waals surface area contributed by atoms with E-state index in [0.717, 1.165) is 6.29 Å². The summed E-state index contributed by atoms with van der Waals surface area (Å²) in [7, 11) is 0. The third-order valence-electron chi connectivity index (χ3n) is 1.63. The summed E-state index contributed by atoms with van der Waals surface area (Å²) in [4.78, 5) is 10.3. The predicted molar refractivity (Wildman–Crippen MR) is 38.7 cm³/mol. The van der Waals surface area contributed by atoms with Gasteiger partial charge < -0.3 is 13.9 Å². The van der Waals surface area contributed by atoms with E-state index in [4.69, 9.17) is 13.9 Å². The number of carbonyl (C=O) groups is 1. The van der Waals surface area contributed by atoms with Crippen LogP contribution in [0.3, 0.4) is 0 Å². The second-order valence-corrected chi connectivity index (χ2v) is 2.47. The zero-order valence-electron chi connectivity index (χ0n) is 6.36. The Balaban J connectivity index is 2.16. The molecule has 4 nitrogen and oxygen atoms in total. The second kappa shape index (κ2) is 3.08. The molecule has 0 unspecified atom stereocenters. The van der Waals surface area contributed by atoms with E-state index in [1.54, 1.807) is 6.07 Å². The van der Waals surface area contributed by atoms with Crippen molar-refractivity contribution >= 4 is 6.29 Å². The van der Waals surface area contributed by atoms with Crippen molar-refractivity contribution in [3.05, 3.63) is 23.7 Å². The van der Waals surface area contributed by atoms with Gasteiger partial charge in [0.05, 0.1) is 18.8 Å². The molecule has 0 amide bonds. The molecule has 2 heterocycles. The molecule has 0 aromatic carbocycles. The summed E-state index contributed by atoms with van der Waals surface area (Å²) >= 11 is 0. The second-order valence-electron chi connectivity index (χ2n) is 2.47. The van der Waals surface area contributed by atoms with Crippen LogP contribution in [-0.2, 0) is 9.47 Å². The fraction of sp³-hybridized carbons (Fsp3) is 0.375. The van der Waals surface area contributed by atoms with Gasteiger partial charge in [-0.15, -0.1) is 0 Å². The number of carbonyl (C=O) groups excluding carboxylic acids is 1. The first-order valence-corrected chi connectivity index (χ1v) is 3.67. The minimum Gasteiger partial charge on any atom is -0.463 e. The standard InChI is InChI=1S/C8H8O4/c9-4-6-3-7(12-5-6)8-10-1-2-11-8/h3-5,8H,1-2H2. The van der Waals surface area contributed by atoms with Crippen LogP contribution in [0.4, 0.5) is 0 Å². The molecule has 2 rings (SSSR count). The monoisotopic (exact) mass is 168 g/mol. The molecule has 0 atom stereocenters. The molecule has 1 aromatic rings. The van der Waals surface area contributed by atoms with Crippen molar-refractivity contribution in [2.24, 2.45) is 0 Å². The van der Waals surface area contributed by atoms with Crippen molar-refractivity contribution < 1.29 is 18.7 Å². The summed E-state index contributed by atoms with van der Waals surface area (Å²) in [5.74, 6) is 0.551. The molecule has 0 spiro atoms. The largest absolute Gasteiger partial charge is 0.463 e. The average Bonchev–Trinajstić information content (AvgIpc) is 2.75. The fourth-order valence-electron chi connectivity index (χ4n) is 1.08. The van der Waals surface area contributed by atoms with Gasteiger partial charge in [0, 0.05) is 0 Å². The highest BCUT2D eigenvalue weighted by molar-refractivity contribution is 5.74. The molecule has 1 fully saturated rings. The summed E-state index contributed by atoms with van der Waals surface area (Å²) in [5, 5.41) is 0. The van der Waals surface area contributed by atoms with Crippen LogP contribution in [0.5, 0.6) is 0 Å². The van der Waals surface area contributed by atoms with Crippen LogP contribution >= 0.6 is 0 Å². The minimum absolute atomic E-state index is 0.432. The lowest BCUT2D eigenvalue weighted by Gasteiger charge is -2.02. The summed E-state index contributed by atoms with van der Waals surface area (Å²) in [6.07, 6.45) is 1.67. The first kappa shape index (κ1) is 7.52. The molecule has 1 aromatic heterocycles. The maximum absolute atomic E-state index is 10.3. The molecule has 0 bridgehead atoms. The lowest BCUT2D eigenvalue weighted by atomic mass is 10.3. The Kier molecular flexibility index (Phi) is 1.93. The van der Waals surface area contributed by atoms with Gasteiger partial charge in [-0.05, 0) is 6.07 Å². The Morgan fingerprint density at radius 1 is 1.42 bits per heavy atom. The molecule has 0 aliphatic carbocycles. The van der Waals surface area contributed by atoms with Gasteiger partial charge in [-0.3, -0.25) is 4.79 Å². The Bertz CT molecular complexity index is 272. The van der Waals surface area contributed by atoms with E-state index >= 15 is 0 Å². The van der Waals surface area contributed by atoms with Crippen molar-refractivity contribution in [2.75, 3.05) is 13.2 Å². The van der Waals surface area contributed by atoms with Crippen LogP contribution in [0, 0.1) is 0 Å². The van der Waals surface area contributed by atoms with Crippen molar-refractivity contribution in [1.29, 1.82) is 0 Å². The van der Waals surface area contributed by atoms with Gasteiger partial charge in [0.1, 0.15) is 6.26 Å². The van der Waals surface area contributed by atoms with Crippen molar-refractivity contribution in [1.82, 2.24) is 0 Å². The first-order valence-electron chi connectivity index (χ1n) is 3.67. The van der Waals surface area contributed by atoms with E-state index in [-0.39, 0.29) is 0 Å². The Morgan fingerprint density at radius 3 is 2.75 bits per heavy atom. The van der Waals surface area contributed by atoms with Crippen molar-refractivity contribution in [3.8, 4) is 0 Å². The lowest BCUT2D eigenvalue weighted by molar-refractivity contribution is -0.0588. The number of hydrogen-bond acceptors (Lipinski definition) is 4. The maximum Gasteiger partial charge on any atom is 0.217 e. The highest BCUT2D eigenvalue weighted by atomic mass is 16.7. The Morgan fingerprint density at radius 2 is 2.17 bits per heavy atom. The zero-order chi connectivity index (χ0) is 8.39. The average molecular weight is 168 g/mol. The smallest absolute Gasteiger partial charge is 0.217 e. The van der Waals surface area contributed by atoms with E-state index in [1.165, 1.54) is 6.26 Å². The van der Waals surface area contributed by atoms with E-state index in [2.05, 4.69) is 0 Å². The number of furan rings is 1. The van der Waals surface area contributed by atoms with E-state index in [1.807, 2.05) is 0 Å². The summed E-state index contributed by atoms with van der Waals surface area (Å²) < 4.78 is 15.4. The molecular formula is C8H8O4. The molecule has 0 saturated carbocycles. The maximum atomic E-state index is 10.3. The van der Waals surface area contributed by atoms with Gasteiger partial charge in [-0.25, -0.2) is 0 Å². The van der Waals surface area contributed by atoms with Crippen LogP contribution in [0.1, 0.15) is 22.4 Å². The van der Waals surface area contributed by atoms with Gasteiger partial charge in [0.25, 0.3) is 0 Å². The molecule has 0 radical (unpaired) electrons. The van der Waals surface area contributed by atoms with Crippen LogP contribution in [-0.4, -0.2) is 19.5 Å². The molecular weight excluding hydrogens is 160 g/mol. The molecule has 0 N–H and O–H groups in total. The molecule has 12 heavy (non-hydrogen) atoms. The lowest BCUT2D eigenvalue weighted by Crippen LogP contribution is -1.94. The van der Waals surface area contributed by atoms with Crippen LogP contribution in [0.25, 0.3) is 0 Å². The third kappa shape index (κ3) is 1.26. The summed E-state index contributed by atoms with van der Waals surface area (Å²) in [6.45, 7) is 1.14. The van der Waals surface area contributed by atoms with Gasteiger partial charge in [0.15, 0.2) is 12.0 Å². The molecule has 1 aliphatic rings. The topological polar surface area (TPSA) is 48.7 Å². The summed E-state index contributed by atoms with van der Waals surface area (Å²) in [5.41, 5.74) is 0.504. The number of aldehydes is 1. The molecule has 1 saturated heterocycles. The highest BCUT2D eigenvalue weighted by Gasteiger charge is 2.21. The normalized spacial score (nSPS) is 18.3. The van der Waals surface area contributed by atoms with E-state index < -0.39 is 6.29 Å². The summed E-state index contributed by atoms with van der Waals surface area (Å²) in [6, 6.07) is 1.61. The first-order chi connectivity index (χ1) is 5.90. The number of hydrogen-bond donors (Lipinski definition) is 0.